The fraction of sp³-hybridized carbons (Fsp3) is 0.500. The van der Waals surface area contributed by atoms with Gasteiger partial charge in [0.25, 0.3) is 0 Å². The highest BCUT2D eigenvalue weighted by molar-refractivity contribution is 7.89. The summed E-state index contributed by atoms with van der Waals surface area (Å²) < 4.78 is 27.3. The molecule has 0 aliphatic heterocycles. The monoisotopic (exact) mass is 254 g/mol. The van der Waals surface area contributed by atoms with Crippen LogP contribution in [0.2, 0.25) is 0 Å². The van der Waals surface area contributed by atoms with Gasteiger partial charge in [0.2, 0.25) is 10.0 Å². The second kappa shape index (κ2) is 3.99. The van der Waals surface area contributed by atoms with Gasteiger partial charge in [0.1, 0.15) is 0 Å². The van der Waals surface area contributed by atoms with Crippen LogP contribution in [0.15, 0.2) is 23.1 Å². The van der Waals surface area contributed by atoms with Crippen molar-refractivity contribution < 1.29 is 8.42 Å². The van der Waals surface area contributed by atoms with E-state index in [1.165, 1.54) is 6.07 Å². The fourth-order valence-electron chi connectivity index (χ4n) is 2.09. The van der Waals surface area contributed by atoms with Gasteiger partial charge in [0.15, 0.2) is 0 Å². The maximum atomic E-state index is 12.2. The first kappa shape index (κ1) is 12.4. The van der Waals surface area contributed by atoms with Gasteiger partial charge in [-0.2, -0.15) is 0 Å². The Kier molecular flexibility index (Phi) is 2.91. The number of nitrogen functional groups attached to an aromatic ring is 1. The van der Waals surface area contributed by atoms with Crippen LogP contribution in [0.1, 0.15) is 31.7 Å². The molecule has 0 unspecified atom stereocenters. The lowest BCUT2D eigenvalue weighted by atomic mass is 9.80. The summed E-state index contributed by atoms with van der Waals surface area (Å²) in [6.45, 7) is 3.72. The topological polar surface area (TPSA) is 72.2 Å². The largest absolute Gasteiger partial charge is 0.399 e. The van der Waals surface area contributed by atoms with E-state index in [0.29, 0.717) is 5.69 Å². The summed E-state index contributed by atoms with van der Waals surface area (Å²) in [4.78, 5) is 0.283. The molecule has 4 nitrogen and oxygen atoms in total. The van der Waals surface area contributed by atoms with E-state index < -0.39 is 10.0 Å². The third-order valence-electron chi connectivity index (χ3n) is 3.34. The molecule has 94 valence electrons. The van der Waals surface area contributed by atoms with Gasteiger partial charge < -0.3 is 5.73 Å². The standard InChI is InChI=1S/C12H18N2O2S/c1-9-4-5-10(13)8-11(9)17(15,16)14-12(2)6-3-7-12/h4-5,8,14H,3,6-7,13H2,1-2H3. The zero-order chi connectivity index (χ0) is 12.7. The van der Waals surface area contributed by atoms with E-state index in [4.69, 9.17) is 5.73 Å². The number of hydrogen-bond donors (Lipinski definition) is 2. The molecule has 2 rings (SSSR count). The Hall–Kier alpha value is -1.07. The van der Waals surface area contributed by atoms with Crippen LogP contribution in [0, 0.1) is 6.92 Å². The minimum absolute atomic E-state index is 0.282. The Labute approximate surface area is 102 Å². The lowest BCUT2D eigenvalue weighted by molar-refractivity contribution is 0.248. The van der Waals surface area contributed by atoms with Crippen molar-refractivity contribution in [3.63, 3.8) is 0 Å². The summed E-state index contributed by atoms with van der Waals surface area (Å²) in [6.07, 6.45) is 2.87. The van der Waals surface area contributed by atoms with Crippen molar-refractivity contribution in [2.45, 2.75) is 43.5 Å². The molecule has 0 aromatic heterocycles. The molecule has 0 spiro atoms. The van der Waals surface area contributed by atoms with Crippen molar-refractivity contribution in [3.05, 3.63) is 23.8 Å². The molecule has 1 aromatic rings. The predicted octanol–water partition coefficient (Wildman–Crippen LogP) is 1.80. The lowest BCUT2D eigenvalue weighted by Gasteiger charge is -2.38. The predicted molar refractivity (Wildman–Crippen MR) is 68.2 cm³/mol. The molecule has 0 bridgehead atoms. The van der Waals surface area contributed by atoms with E-state index >= 15 is 0 Å². The first-order chi connectivity index (χ1) is 7.82. The van der Waals surface area contributed by atoms with Crippen molar-refractivity contribution in [3.8, 4) is 0 Å². The smallest absolute Gasteiger partial charge is 0.241 e. The summed E-state index contributed by atoms with van der Waals surface area (Å²) in [5, 5.41) is 0. The number of nitrogens with two attached hydrogens (primary N) is 1. The van der Waals surface area contributed by atoms with Gasteiger partial charge in [-0.3, -0.25) is 0 Å². The molecule has 0 radical (unpaired) electrons. The second-order valence-electron chi connectivity index (χ2n) is 5.04. The molecule has 1 aliphatic rings. The quantitative estimate of drug-likeness (QED) is 0.808. The Balaban J connectivity index is 2.34. The van der Waals surface area contributed by atoms with Crippen LogP contribution >= 0.6 is 0 Å². The van der Waals surface area contributed by atoms with E-state index in [1.807, 2.05) is 6.92 Å². The number of sulfonamides is 1. The summed E-state index contributed by atoms with van der Waals surface area (Å²) in [7, 11) is -3.46. The number of nitrogens with one attached hydrogen (secondary N) is 1. The van der Waals surface area contributed by atoms with Crippen LogP contribution in [-0.2, 0) is 10.0 Å². The Morgan fingerprint density at radius 3 is 2.53 bits per heavy atom. The van der Waals surface area contributed by atoms with Gasteiger partial charge in [-0.25, -0.2) is 13.1 Å². The average Bonchev–Trinajstić information content (AvgIpc) is 2.18. The molecule has 3 N–H and O–H groups in total. The highest BCUT2D eigenvalue weighted by Gasteiger charge is 2.36. The van der Waals surface area contributed by atoms with E-state index in [-0.39, 0.29) is 10.4 Å². The van der Waals surface area contributed by atoms with Crippen LogP contribution in [0.4, 0.5) is 5.69 Å². The molecule has 0 saturated heterocycles. The SMILES string of the molecule is Cc1ccc(N)cc1S(=O)(=O)NC1(C)CCC1. The van der Waals surface area contributed by atoms with Crippen molar-refractivity contribution in [1.29, 1.82) is 0 Å². The van der Waals surface area contributed by atoms with Gasteiger partial charge in [-0.05, 0) is 50.8 Å². The highest BCUT2D eigenvalue weighted by atomic mass is 32.2. The molecule has 0 amide bonds. The third kappa shape index (κ3) is 2.45. The minimum Gasteiger partial charge on any atom is -0.399 e. The Morgan fingerprint density at radius 1 is 1.35 bits per heavy atom. The van der Waals surface area contributed by atoms with E-state index in [1.54, 1.807) is 19.1 Å². The fourth-order valence-corrected chi connectivity index (χ4v) is 3.84. The van der Waals surface area contributed by atoms with Gasteiger partial charge in [-0.1, -0.05) is 6.07 Å². The van der Waals surface area contributed by atoms with E-state index in [2.05, 4.69) is 4.72 Å². The molecule has 1 aliphatic carbocycles. The Bertz CT molecular complexity index is 533. The van der Waals surface area contributed by atoms with Gasteiger partial charge >= 0.3 is 0 Å². The first-order valence-electron chi connectivity index (χ1n) is 5.73. The molecule has 1 saturated carbocycles. The highest BCUT2D eigenvalue weighted by Crippen LogP contribution is 2.33. The number of rotatable bonds is 3. The maximum absolute atomic E-state index is 12.2. The van der Waals surface area contributed by atoms with Crippen molar-refractivity contribution in [2.24, 2.45) is 0 Å². The summed E-state index contributed by atoms with van der Waals surface area (Å²) in [6, 6.07) is 4.95. The summed E-state index contributed by atoms with van der Waals surface area (Å²) in [5.74, 6) is 0. The summed E-state index contributed by atoms with van der Waals surface area (Å²) >= 11 is 0. The molecule has 5 heteroatoms. The van der Waals surface area contributed by atoms with Crippen LogP contribution < -0.4 is 10.5 Å². The minimum atomic E-state index is -3.46. The molecule has 1 aromatic carbocycles. The summed E-state index contributed by atoms with van der Waals surface area (Å²) in [5.41, 5.74) is 6.54. The molecule has 1 fully saturated rings. The average molecular weight is 254 g/mol. The molecule has 0 heterocycles. The van der Waals surface area contributed by atoms with Crippen LogP contribution in [0.3, 0.4) is 0 Å². The van der Waals surface area contributed by atoms with Crippen LogP contribution in [0.25, 0.3) is 0 Å². The number of aryl methyl sites for hydroxylation is 1. The third-order valence-corrected chi connectivity index (χ3v) is 5.12. The van der Waals surface area contributed by atoms with Crippen LogP contribution in [-0.4, -0.2) is 14.0 Å². The molecule has 17 heavy (non-hydrogen) atoms. The van der Waals surface area contributed by atoms with Gasteiger partial charge in [-0.15, -0.1) is 0 Å². The Morgan fingerprint density at radius 2 is 2.00 bits per heavy atom. The lowest BCUT2D eigenvalue weighted by Crippen LogP contribution is -2.50. The van der Waals surface area contributed by atoms with Gasteiger partial charge in [0, 0.05) is 11.2 Å². The molecule has 0 atom stereocenters. The second-order valence-corrected chi connectivity index (χ2v) is 6.70. The molecular weight excluding hydrogens is 236 g/mol. The zero-order valence-electron chi connectivity index (χ0n) is 10.2. The zero-order valence-corrected chi connectivity index (χ0v) is 11.0. The normalized spacial score (nSPS) is 18.7. The molecular formula is C12H18N2O2S. The van der Waals surface area contributed by atoms with Crippen LogP contribution in [0.5, 0.6) is 0 Å². The van der Waals surface area contributed by atoms with E-state index in [9.17, 15) is 8.42 Å². The number of benzene rings is 1. The number of hydrogen-bond acceptors (Lipinski definition) is 3. The van der Waals surface area contributed by atoms with E-state index in [0.717, 1.165) is 24.8 Å². The van der Waals surface area contributed by atoms with Crippen molar-refractivity contribution in [2.75, 3.05) is 5.73 Å². The van der Waals surface area contributed by atoms with Gasteiger partial charge in [0.05, 0.1) is 4.90 Å². The maximum Gasteiger partial charge on any atom is 0.241 e. The van der Waals surface area contributed by atoms with Crippen molar-refractivity contribution in [1.82, 2.24) is 4.72 Å². The first-order valence-corrected chi connectivity index (χ1v) is 7.21. The van der Waals surface area contributed by atoms with Crippen molar-refractivity contribution >= 4 is 15.7 Å². The number of anilines is 1.